The summed E-state index contributed by atoms with van der Waals surface area (Å²) < 4.78 is 32.2. The predicted molar refractivity (Wildman–Crippen MR) is 86.5 cm³/mol. The lowest BCUT2D eigenvalue weighted by molar-refractivity contribution is -0.384. The minimum absolute atomic E-state index is 0.130. The summed E-state index contributed by atoms with van der Waals surface area (Å²) in [6.45, 7) is 2.34. The normalized spacial score (nSPS) is 11.0. The number of benzene rings is 2. The summed E-state index contributed by atoms with van der Waals surface area (Å²) in [7, 11) is -3.97. The van der Waals surface area contributed by atoms with Crippen LogP contribution >= 0.6 is 11.6 Å². The van der Waals surface area contributed by atoms with Crippen molar-refractivity contribution in [2.24, 2.45) is 0 Å². The third kappa shape index (κ3) is 4.11. The highest BCUT2D eigenvalue weighted by atomic mass is 35.5. The van der Waals surface area contributed by atoms with E-state index in [1.165, 1.54) is 24.3 Å². The van der Waals surface area contributed by atoms with Crippen molar-refractivity contribution in [1.82, 2.24) is 0 Å². The van der Waals surface area contributed by atoms with Crippen molar-refractivity contribution >= 4 is 33.0 Å². The van der Waals surface area contributed by atoms with E-state index in [1.807, 2.05) is 6.92 Å². The van der Waals surface area contributed by atoms with Gasteiger partial charge in [0.25, 0.3) is 15.7 Å². The lowest BCUT2D eigenvalue weighted by atomic mass is 10.3. The SMILES string of the molecule is CCOc1ccc(NS(=O)(=O)c2ccc(Cl)c([N+](=O)[O-])c2)cc1. The highest BCUT2D eigenvalue weighted by Crippen LogP contribution is 2.28. The molecule has 0 unspecified atom stereocenters. The number of sulfonamides is 1. The lowest BCUT2D eigenvalue weighted by Gasteiger charge is -2.09. The van der Waals surface area contributed by atoms with Crippen molar-refractivity contribution in [1.29, 1.82) is 0 Å². The second kappa shape index (κ2) is 6.84. The van der Waals surface area contributed by atoms with E-state index in [0.717, 1.165) is 6.07 Å². The number of nitrogens with one attached hydrogen (secondary N) is 1. The van der Waals surface area contributed by atoms with Crippen molar-refractivity contribution in [3.63, 3.8) is 0 Å². The van der Waals surface area contributed by atoms with Crippen molar-refractivity contribution < 1.29 is 18.1 Å². The van der Waals surface area contributed by atoms with Gasteiger partial charge in [-0.3, -0.25) is 14.8 Å². The Hall–Kier alpha value is -2.32. The van der Waals surface area contributed by atoms with Crippen LogP contribution in [0, 0.1) is 10.1 Å². The smallest absolute Gasteiger partial charge is 0.289 e. The van der Waals surface area contributed by atoms with Gasteiger partial charge in [0.15, 0.2) is 0 Å². The molecule has 0 saturated carbocycles. The molecule has 0 bridgehead atoms. The van der Waals surface area contributed by atoms with Gasteiger partial charge in [0.1, 0.15) is 10.8 Å². The van der Waals surface area contributed by atoms with Crippen LogP contribution in [-0.4, -0.2) is 19.9 Å². The van der Waals surface area contributed by atoms with Crippen LogP contribution in [0.5, 0.6) is 5.75 Å². The first-order valence-corrected chi connectivity index (χ1v) is 8.39. The number of hydrogen-bond acceptors (Lipinski definition) is 5. The van der Waals surface area contributed by atoms with Crippen LogP contribution in [-0.2, 0) is 10.0 Å². The van der Waals surface area contributed by atoms with Gasteiger partial charge in [-0.05, 0) is 43.3 Å². The highest BCUT2D eigenvalue weighted by molar-refractivity contribution is 7.92. The lowest BCUT2D eigenvalue weighted by Crippen LogP contribution is -2.13. The fraction of sp³-hybridized carbons (Fsp3) is 0.143. The van der Waals surface area contributed by atoms with Gasteiger partial charge >= 0.3 is 0 Å². The zero-order chi connectivity index (χ0) is 17.0. The Labute approximate surface area is 138 Å². The Bertz CT molecular complexity index is 822. The third-order valence-electron chi connectivity index (χ3n) is 2.84. The second-order valence-electron chi connectivity index (χ2n) is 4.43. The molecule has 2 rings (SSSR count). The van der Waals surface area contributed by atoms with E-state index in [-0.39, 0.29) is 9.92 Å². The number of nitro benzene ring substituents is 1. The van der Waals surface area contributed by atoms with Crippen molar-refractivity contribution in [3.05, 3.63) is 57.6 Å². The molecule has 23 heavy (non-hydrogen) atoms. The molecule has 0 aliphatic rings. The quantitative estimate of drug-likeness (QED) is 0.631. The first-order valence-electron chi connectivity index (χ1n) is 6.53. The number of hydrogen-bond donors (Lipinski definition) is 1. The molecule has 2 aromatic carbocycles. The van der Waals surface area contributed by atoms with Crippen LogP contribution < -0.4 is 9.46 Å². The predicted octanol–water partition coefficient (Wildman–Crippen LogP) is 3.45. The second-order valence-corrected chi connectivity index (χ2v) is 6.52. The minimum atomic E-state index is -3.97. The topological polar surface area (TPSA) is 98.5 Å². The maximum absolute atomic E-state index is 12.3. The molecule has 0 aliphatic heterocycles. The average molecular weight is 357 g/mol. The minimum Gasteiger partial charge on any atom is -0.494 e. The van der Waals surface area contributed by atoms with Gasteiger partial charge < -0.3 is 4.74 Å². The molecule has 0 aromatic heterocycles. The molecule has 1 N–H and O–H groups in total. The number of ether oxygens (including phenoxy) is 1. The first kappa shape index (κ1) is 17.0. The third-order valence-corrected chi connectivity index (χ3v) is 4.54. The summed E-state index contributed by atoms with van der Waals surface area (Å²) in [6, 6.07) is 9.59. The van der Waals surface area contributed by atoms with E-state index in [0.29, 0.717) is 18.0 Å². The molecule has 0 atom stereocenters. The zero-order valence-electron chi connectivity index (χ0n) is 12.0. The van der Waals surface area contributed by atoms with Gasteiger partial charge in [-0.25, -0.2) is 8.42 Å². The molecule has 7 nitrogen and oxygen atoms in total. The first-order chi connectivity index (χ1) is 10.8. The summed E-state index contributed by atoms with van der Waals surface area (Å²) >= 11 is 5.68. The number of anilines is 1. The molecule has 122 valence electrons. The Balaban J connectivity index is 2.28. The molecule has 0 aliphatic carbocycles. The van der Waals surface area contributed by atoms with E-state index in [1.54, 1.807) is 12.1 Å². The van der Waals surface area contributed by atoms with E-state index in [9.17, 15) is 18.5 Å². The van der Waals surface area contributed by atoms with Crippen LogP contribution in [0.2, 0.25) is 5.02 Å². The van der Waals surface area contributed by atoms with Crippen molar-refractivity contribution in [3.8, 4) is 5.75 Å². The highest BCUT2D eigenvalue weighted by Gasteiger charge is 2.20. The van der Waals surface area contributed by atoms with Crippen LogP contribution in [0.15, 0.2) is 47.4 Å². The zero-order valence-corrected chi connectivity index (χ0v) is 13.6. The molecule has 0 heterocycles. The van der Waals surface area contributed by atoms with E-state index < -0.39 is 20.6 Å². The average Bonchev–Trinajstić information content (AvgIpc) is 2.49. The molecule has 2 aromatic rings. The summed E-state index contributed by atoms with van der Waals surface area (Å²) in [5, 5.41) is 10.7. The van der Waals surface area contributed by atoms with Gasteiger partial charge in [0.2, 0.25) is 0 Å². The molecule has 9 heteroatoms. The fourth-order valence-electron chi connectivity index (χ4n) is 1.80. The molecular formula is C14H13ClN2O5S. The molecular weight excluding hydrogens is 344 g/mol. The molecule has 0 spiro atoms. The van der Waals surface area contributed by atoms with Gasteiger partial charge in [-0.2, -0.15) is 0 Å². The van der Waals surface area contributed by atoms with Crippen LogP contribution in [0.3, 0.4) is 0 Å². The Morgan fingerprint density at radius 3 is 2.43 bits per heavy atom. The standard InChI is InChI=1S/C14H13ClN2O5S/c1-2-22-11-5-3-10(4-6-11)16-23(20,21)12-7-8-13(15)14(9-12)17(18)19/h3-9,16H,2H2,1H3. The van der Waals surface area contributed by atoms with Gasteiger partial charge in [0, 0.05) is 11.8 Å². The molecule has 0 amide bonds. The largest absolute Gasteiger partial charge is 0.494 e. The fourth-order valence-corrected chi connectivity index (χ4v) is 3.06. The molecule has 0 radical (unpaired) electrons. The maximum Gasteiger partial charge on any atom is 0.289 e. The summed E-state index contributed by atoms with van der Waals surface area (Å²) in [5.41, 5.74) is -0.160. The number of rotatable bonds is 6. The Morgan fingerprint density at radius 1 is 1.22 bits per heavy atom. The van der Waals surface area contributed by atoms with Crippen LogP contribution in [0.25, 0.3) is 0 Å². The Morgan fingerprint density at radius 2 is 1.87 bits per heavy atom. The summed E-state index contributed by atoms with van der Waals surface area (Å²) in [6.07, 6.45) is 0. The monoisotopic (exact) mass is 356 g/mol. The van der Waals surface area contributed by atoms with E-state index >= 15 is 0 Å². The molecule has 0 saturated heterocycles. The van der Waals surface area contributed by atoms with Crippen LogP contribution in [0.4, 0.5) is 11.4 Å². The van der Waals surface area contributed by atoms with Gasteiger partial charge in [0.05, 0.1) is 16.4 Å². The van der Waals surface area contributed by atoms with Crippen molar-refractivity contribution in [2.75, 3.05) is 11.3 Å². The van der Waals surface area contributed by atoms with E-state index in [4.69, 9.17) is 16.3 Å². The maximum atomic E-state index is 12.3. The summed E-state index contributed by atoms with van der Waals surface area (Å²) in [4.78, 5) is 9.86. The molecule has 0 fully saturated rings. The van der Waals surface area contributed by atoms with Crippen molar-refractivity contribution in [2.45, 2.75) is 11.8 Å². The van der Waals surface area contributed by atoms with Gasteiger partial charge in [-0.15, -0.1) is 0 Å². The summed E-state index contributed by atoms with van der Waals surface area (Å²) in [5.74, 6) is 0.609. The van der Waals surface area contributed by atoms with E-state index in [2.05, 4.69) is 4.72 Å². The van der Waals surface area contributed by atoms with Crippen LogP contribution in [0.1, 0.15) is 6.92 Å². The number of nitrogens with zero attached hydrogens (tertiary/aromatic N) is 1. The van der Waals surface area contributed by atoms with Gasteiger partial charge in [-0.1, -0.05) is 11.6 Å². The number of nitro groups is 1. The number of halogens is 1. The Kier molecular flexibility index (Phi) is 5.07.